The van der Waals surface area contributed by atoms with E-state index in [1.807, 2.05) is 31.2 Å². The lowest BCUT2D eigenvalue weighted by Gasteiger charge is -2.32. The summed E-state index contributed by atoms with van der Waals surface area (Å²) in [5.74, 6) is 1.41. The van der Waals surface area contributed by atoms with Crippen LogP contribution >= 0.6 is 0 Å². The topological polar surface area (TPSA) is 61.8 Å². The van der Waals surface area contributed by atoms with Gasteiger partial charge in [0.05, 0.1) is 0 Å². The van der Waals surface area contributed by atoms with E-state index in [1.165, 1.54) is 0 Å². The van der Waals surface area contributed by atoms with Crippen LogP contribution in [0.4, 0.5) is 0 Å². The van der Waals surface area contributed by atoms with E-state index in [1.54, 1.807) is 7.05 Å². The fourth-order valence-electron chi connectivity index (χ4n) is 2.99. The van der Waals surface area contributed by atoms with Crippen molar-refractivity contribution in [2.45, 2.75) is 32.3 Å². The molecule has 1 fully saturated rings. The zero-order chi connectivity index (χ0) is 16.7. The number of rotatable bonds is 7. The maximum atomic E-state index is 11.4. The van der Waals surface area contributed by atoms with Crippen molar-refractivity contribution in [3.05, 3.63) is 29.8 Å². The molecule has 1 aromatic carbocycles. The molecule has 2 rings (SSSR count). The van der Waals surface area contributed by atoms with E-state index in [2.05, 4.69) is 10.2 Å². The predicted molar refractivity (Wildman–Crippen MR) is 90.5 cm³/mol. The number of likely N-dealkylation sites (tertiary alicyclic amines) is 1. The van der Waals surface area contributed by atoms with Gasteiger partial charge in [0.15, 0.2) is 0 Å². The minimum atomic E-state index is -0.495. The quantitative estimate of drug-likeness (QED) is 0.801. The van der Waals surface area contributed by atoms with Crippen molar-refractivity contribution >= 4 is 5.91 Å². The first-order valence-electron chi connectivity index (χ1n) is 8.38. The molecule has 128 valence electrons. The lowest BCUT2D eigenvalue weighted by atomic mass is 9.93. The van der Waals surface area contributed by atoms with Crippen molar-refractivity contribution in [2.24, 2.45) is 5.92 Å². The fraction of sp³-hybridized carbons (Fsp3) is 0.611. The number of piperidine rings is 1. The Hall–Kier alpha value is -1.59. The van der Waals surface area contributed by atoms with Crippen molar-refractivity contribution in [3.8, 4) is 5.75 Å². The van der Waals surface area contributed by atoms with Gasteiger partial charge in [-0.05, 0) is 50.4 Å². The first-order valence-corrected chi connectivity index (χ1v) is 8.38. The molecule has 0 bridgehead atoms. The first-order chi connectivity index (χ1) is 11.1. The van der Waals surface area contributed by atoms with Gasteiger partial charge in [-0.25, -0.2) is 0 Å². The first kappa shape index (κ1) is 17.8. The Morgan fingerprint density at radius 2 is 2.09 bits per heavy atom. The Bertz CT molecular complexity index is 499. The molecular weight excluding hydrogens is 292 g/mol. The van der Waals surface area contributed by atoms with Crippen LogP contribution in [-0.4, -0.2) is 55.3 Å². The number of aliphatic hydroxyl groups excluding tert-OH is 1. The highest BCUT2D eigenvalue weighted by molar-refractivity contribution is 5.75. The normalized spacial score (nSPS) is 17.7. The van der Waals surface area contributed by atoms with E-state index in [0.29, 0.717) is 25.5 Å². The highest BCUT2D eigenvalue weighted by Gasteiger charge is 2.22. The van der Waals surface area contributed by atoms with Crippen LogP contribution in [0.3, 0.4) is 0 Å². The van der Waals surface area contributed by atoms with Crippen LogP contribution in [0.15, 0.2) is 24.3 Å². The average Bonchev–Trinajstić information content (AvgIpc) is 2.56. The van der Waals surface area contributed by atoms with E-state index < -0.39 is 6.10 Å². The van der Waals surface area contributed by atoms with Gasteiger partial charge in [-0.15, -0.1) is 0 Å². The molecule has 1 amide bonds. The number of para-hydroxylation sites is 1. The largest absolute Gasteiger partial charge is 0.491 e. The summed E-state index contributed by atoms with van der Waals surface area (Å²) in [5.41, 5.74) is 1.08. The van der Waals surface area contributed by atoms with Crippen molar-refractivity contribution in [3.63, 3.8) is 0 Å². The number of aryl methyl sites for hydroxylation is 1. The number of hydrogen-bond acceptors (Lipinski definition) is 4. The van der Waals surface area contributed by atoms with Gasteiger partial charge < -0.3 is 20.1 Å². The average molecular weight is 320 g/mol. The number of ether oxygens (including phenoxy) is 1. The molecule has 1 atom stereocenters. The van der Waals surface area contributed by atoms with Gasteiger partial charge in [0.25, 0.3) is 0 Å². The SMILES string of the molecule is CNC(=O)CC1CCN(CC(O)COc2ccccc2C)CC1. The van der Waals surface area contributed by atoms with E-state index in [4.69, 9.17) is 4.74 Å². The molecule has 1 aliphatic heterocycles. The molecule has 5 heteroatoms. The van der Waals surface area contributed by atoms with Crippen LogP contribution in [0.25, 0.3) is 0 Å². The summed E-state index contributed by atoms with van der Waals surface area (Å²) < 4.78 is 5.70. The van der Waals surface area contributed by atoms with Crippen LogP contribution in [0.1, 0.15) is 24.8 Å². The third kappa shape index (κ3) is 5.84. The predicted octanol–water partition coefficient (Wildman–Crippen LogP) is 1.58. The van der Waals surface area contributed by atoms with Gasteiger partial charge in [-0.3, -0.25) is 4.79 Å². The molecule has 23 heavy (non-hydrogen) atoms. The molecule has 0 spiro atoms. The maximum absolute atomic E-state index is 11.4. The number of β-amino-alcohol motifs (C(OH)–C–C–N with tert-alkyl or cyclic N) is 1. The van der Waals surface area contributed by atoms with Gasteiger partial charge in [0.1, 0.15) is 18.5 Å². The Labute approximate surface area is 138 Å². The smallest absolute Gasteiger partial charge is 0.220 e. The number of benzene rings is 1. The molecule has 0 saturated carbocycles. The van der Waals surface area contributed by atoms with Crippen LogP contribution in [0.2, 0.25) is 0 Å². The van der Waals surface area contributed by atoms with E-state index >= 15 is 0 Å². The van der Waals surface area contributed by atoms with Gasteiger partial charge in [-0.2, -0.15) is 0 Å². The number of amides is 1. The van der Waals surface area contributed by atoms with Crippen molar-refractivity contribution in [1.82, 2.24) is 10.2 Å². The number of nitrogens with zero attached hydrogens (tertiary/aromatic N) is 1. The van der Waals surface area contributed by atoms with Crippen LogP contribution < -0.4 is 10.1 Å². The molecule has 0 aliphatic carbocycles. The third-order valence-corrected chi connectivity index (χ3v) is 4.45. The summed E-state index contributed by atoms with van der Waals surface area (Å²) in [6, 6.07) is 7.83. The zero-order valence-corrected chi connectivity index (χ0v) is 14.1. The fourth-order valence-corrected chi connectivity index (χ4v) is 2.99. The number of nitrogens with one attached hydrogen (secondary N) is 1. The zero-order valence-electron chi connectivity index (χ0n) is 14.1. The van der Waals surface area contributed by atoms with E-state index in [0.717, 1.165) is 37.2 Å². The molecule has 1 unspecified atom stereocenters. The van der Waals surface area contributed by atoms with E-state index in [-0.39, 0.29) is 5.91 Å². The summed E-state index contributed by atoms with van der Waals surface area (Å²) in [6.07, 6.45) is 2.14. The van der Waals surface area contributed by atoms with Crippen LogP contribution in [0, 0.1) is 12.8 Å². The van der Waals surface area contributed by atoms with Gasteiger partial charge >= 0.3 is 0 Å². The van der Waals surface area contributed by atoms with Crippen molar-refractivity contribution in [1.29, 1.82) is 0 Å². The Morgan fingerprint density at radius 1 is 1.39 bits per heavy atom. The minimum absolute atomic E-state index is 0.120. The molecule has 1 aliphatic rings. The summed E-state index contributed by atoms with van der Waals surface area (Å²) in [4.78, 5) is 13.7. The second kappa shape index (κ2) is 8.89. The van der Waals surface area contributed by atoms with Crippen LogP contribution in [-0.2, 0) is 4.79 Å². The Morgan fingerprint density at radius 3 is 2.74 bits per heavy atom. The molecule has 1 aromatic rings. The standard InChI is InChI=1S/C18H28N2O3/c1-14-5-3-4-6-17(14)23-13-16(21)12-20-9-7-15(8-10-20)11-18(22)19-2/h3-6,15-16,21H,7-13H2,1-2H3,(H,19,22). The molecular formula is C18H28N2O3. The molecule has 0 aromatic heterocycles. The number of carbonyl (C=O) groups is 1. The number of aliphatic hydroxyl groups is 1. The van der Waals surface area contributed by atoms with Gasteiger partial charge in [-0.1, -0.05) is 18.2 Å². The van der Waals surface area contributed by atoms with Gasteiger partial charge in [0, 0.05) is 20.0 Å². The summed E-state index contributed by atoms with van der Waals surface area (Å²) >= 11 is 0. The van der Waals surface area contributed by atoms with Crippen molar-refractivity contribution < 1.29 is 14.6 Å². The van der Waals surface area contributed by atoms with Crippen LogP contribution in [0.5, 0.6) is 5.75 Å². The van der Waals surface area contributed by atoms with Gasteiger partial charge in [0.2, 0.25) is 5.91 Å². The minimum Gasteiger partial charge on any atom is -0.491 e. The number of carbonyl (C=O) groups excluding carboxylic acids is 1. The lowest BCUT2D eigenvalue weighted by molar-refractivity contribution is -0.121. The summed E-state index contributed by atoms with van der Waals surface area (Å²) in [5, 5.41) is 12.9. The third-order valence-electron chi connectivity index (χ3n) is 4.45. The lowest BCUT2D eigenvalue weighted by Crippen LogP contribution is -2.41. The molecule has 2 N–H and O–H groups in total. The second-order valence-corrected chi connectivity index (χ2v) is 6.35. The maximum Gasteiger partial charge on any atom is 0.220 e. The molecule has 0 radical (unpaired) electrons. The monoisotopic (exact) mass is 320 g/mol. The second-order valence-electron chi connectivity index (χ2n) is 6.35. The molecule has 1 heterocycles. The molecule has 5 nitrogen and oxygen atoms in total. The Kier molecular flexibility index (Phi) is 6.86. The highest BCUT2D eigenvalue weighted by atomic mass is 16.5. The number of hydrogen-bond donors (Lipinski definition) is 2. The van der Waals surface area contributed by atoms with Crippen molar-refractivity contribution in [2.75, 3.05) is 33.3 Å². The summed E-state index contributed by atoms with van der Waals surface area (Å²) in [7, 11) is 1.68. The molecule has 1 saturated heterocycles. The Balaban J connectivity index is 1.67. The van der Waals surface area contributed by atoms with E-state index in [9.17, 15) is 9.90 Å². The highest BCUT2D eigenvalue weighted by Crippen LogP contribution is 2.21. The summed E-state index contributed by atoms with van der Waals surface area (Å²) in [6.45, 7) is 4.80.